The first-order valence-corrected chi connectivity index (χ1v) is 12.8. The van der Waals surface area contributed by atoms with Gasteiger partial charge in [0.25, 0.3) is 0 Å². The van der Waals surface area contributed by atoms with Gasteiger partial charge in [-0.15, -0.1) is 10.2 Å². The zero-order valence-corrected chi connectivity index (χ0v) is 19.9. The fourth-order valence-corrected chi connectivity index (χ4v) is 5.16. The molecule has 1 amide bonds. The molecule has 0 radical (unpaired) electrons. The van der Waals surface area contributed by atoms with Crippen molar-refractivity contribution in [2.45, 2.75) is 61.9 Å². The Morgan fingerprint density at radius 1 is 1.03 bits per heavy atom. The number of hydrogen-bond acceptors (Lipinski definition) is 5. The van der Waals surface area contributed by atoms with Gasteiger partial charge in [-0.3, -0.25) is 4.79 Å². The molecule has 6 nitrogen and oxygen atoms in total. The molecular formula is C26H31N5OS. The molecule has 33 heavy (non-hydrogen) atoms. The van der Waals surface area contributed by atoms with E-state index in [-0.39, 0.29) is 11.2 Å². The molecule has 1 saturated heterocycles. The number of piperidine rings is 1. The van der Waals surface area contributed by atoms with E-state index in [0.29, 0.717) is 5.92 Å². The highest BCUT2D eigenvalue weighted by Crippen LogP contribution is 2.40. The largest absolute Gasteiger partial charge is 0.372 e. The lowest BCUT2D eigenvalue weighted by atomic mass is 10.1. The fraction of sp³-hybridized carbons (Fsp3) is 0.423. The van der Waals surface area contributed by atoms with Crippen molar-refractivity contribution in [3.05, 3.63) is 66.0 Å². The van der Waals surface area contributed by atoms with Crippen LogP contribution in [0, 0.1) is 0 Å². The Balaban J connectivity index is 1.24. The second kappa shape index (κ2) is 10.00. The molecule has 2 heterocycles. The highest BCUT2D eigenvalue weighted by atomic mass is 32.2. The lowest BCUT2D eigenvalue weighted by Gasteiger charge is -2.28. The monoisotopic (exact) mass is 461 g/mol. The summed E-state index contributed by atoms with van der Waals surface area (Å²) in [5.74, 6) is 1.52. The quantitative estimate of drug-likeness (QED) is 0.461. The number of aromatic nitrogens is 3. The standard InChI is InChI=1S/C26H31N5OS/c1-19(25(32)27-22-12-14-23(15-13-22)30-16-6-3-7-17-30)33-26-29-28-24(21-10-11-21)31(26)18-20-8-4-2-5-9-20/h2,4-5,8-9,12-15,19,21H,3,6-7,10-11,16-18H2,1H3,(H,27,32)/t19-/m1/s1. The number of carbonyl (C=O) groups is 1. The van der Waals surface area contributed by atoms with E-state index in [0.717, 1.165) is 36.3 Å². The average Bonchev–Trinajstić information content (AvgIpc) is 3.63. The molecule has 2 aliphatic rings. The smallest absolute Gasteiger partial charge is 0.237 e. The fourth-order valence-electron chi connectivity index (χ4n) is 4.31. The van der Waals surface area contributed by atoms with Crippen LogP contribution in [0.25, 0.3) is 0 Å². The van der Waals surface area contributed by atoms with Gasteiger partial charge < -0.3 is 14.8 Å². The van der Waals surface area contributed by atoms with Crippen molar-refractivity contribution in [1.82, 2.24) is 14.8 Å². The Labute approximate surface area is 199 Å². The number of benzene rings is 2. The summed E-state index contributed by atoms with van der Waals surface area (Å²) < 4.78 is 2.19. The van der Waals surface area contributed by atoms with E-state index in [1.165, 1.54) is 55.1 Å². The number of amides is 1. The number of anilines is 2. The number of hydrogen-bond donors (Lipinski definition) is 1. The van der Waals surface area contributed by atoms with Gasteiger partial charge in [0.2, 0.25) is 5.91 Å². The van der Waals surface area contributed by atoms with Crippen LogP contribution >= 0.6 is 11.8 Å². The van der Waals surface area contributed by atoms with E-state index in [1.807, 2.05) is 25.1 Å². The molecule has 2 aromatic carbocycles. The van der Waals surface area contributed by atoms with Crippen molar-refractivity contribution in [2.75, 3.05) is 23.3 Å². The lowest BCUT2D eigenvalue weighted by Crippen LogP contribution is -2.29. The molecule has 1 saturated carbocycles. The minimum absolute atomic E-state index is 0.0204. The molecule has 1 atom stereocenters. The van der Waals surface area contributed by atoms with Crippen molar-refractivity contribution in [1.29, 1.82) is 0 Å². The number of nitrogens with one attached hydrogen (secondary N) is 1. The van der Waals surface area contributed by atoms with Crippen molar-refractivity contribution >= 4 is 29.0 Å². The second-order valence-electron chi connectivity index (χ2n) is 9.03. The summed E-state index contributed by atoms with van der Waals surface area (Å²) in [6.45, 7) is 4.90. The molecular weight excluding hydrogens is 430 g/mol. The predicted octanol–water partition coefficient (Wildman–Crippen LogP) is 5.31. The topological polar surface area (TPSA) is 63.1 Å². The van der Waals surface area contributed by atoms with Gasteiger partial charge in [0.1, 0.15) is 5.82 Å². The van der Waals surface area contributed by atoms with E-state index in [4.69, 9.17) is 0 Å². The molecule has 2 fully saturated rings. The zero-order chi connectivity index (χ0) is 22.6. The number of carbonyl (C=O) groups excluding carboxylic acids is 1. The minimum Gasteiger partial charge on any atom is -0.372 e. The number of nitrogens with zero attached hydrogens (tertiary/aromatic N) is 4. The van der Waals surface area contributed by atoms with Crippen LogP contribution in [0.2, 0.25) is 0 Å². The predicted molar refractivity (Wildman–Crippen MR) is 134 cm³/mol. The summed E-state index contributed by atoms with van der Waals surface area (Å²) >= 11 is 1.48. The summed E-state index contributed by atoms with van der Waals surface area (Å²) in [5, 5.41) is 12.5. The van der Waals surface area contributed by atoms with Crippen LogP contribution in [0.1, 0.15) is 56.3 Å². The van der Waals surface area contributed by atoms with Gasteiger partial charge in [-0.05, 0) is 68.9 Å². The summed E-state index contributed by atoms with van der Waals surface area (Å²) in [5.41, 5.74) is 3.28. The highest BCUT2D eigenvalue weighted by molar-refractivity contribution is 8.00. The van der Waals surface area contributed by atoms with Crippen LogP contribution < -0.4 is 10.2 Å². The third kappa shape index (κ3) is 5.41. The van der Waals surface area contributed by atoms with Crippen LogP contribution in [-0.4, -0.2) is 39.0 Å². The molecule has 0 spiro atoms. The van der Waals surface area contributed by atoms with Gasteiger partial charge in [-0.1, -0.05) is 42.1 Å². The van der Waals surface area contributed by atoms with Crippen molar-refractivity contribution in [3.8, 4) is 0 Å². The van der Waals surface area contributed by atoms with E-state index >= 15 is 0 Å². The molecule has 1 aromatic heterocycles. The highest BCUT2D eigenvalue weighted by Gasteiger charge is 2.31. The average molecular weight is 462 g/mol. The van der Waals surface area contributed by atoms with Crippen LogP contribution in [0.15, 0.2) is 59.8 Å². The Morgan fingerprint density at radius 2 is 1.76 bits per heavy atom. The Hall–Kier alpha value is -2.80. The normalized spacial score (nSPS) is 17.1. The summed E-state index contributed by atoms with van der Waals surface area (Å²) in [6.07, 6.45) is 6.17. The maximum atomic E-state index is 12.9. The maximum Gasteiger partial charge on any atom is 0.237 e. The number of thioether (sulfide) groups is 1. The molecule has 5 rings (SSSR count). The molecule has 0 bridgehead atoms. The molecule has 1 N–H and O–H groups in total. The van der Waals surface area contributed by atoms with E-state index in [1.54, 1.807) is 0 Å². The molecule has 7 heteroatoms. The van der Waals surface area contributed by atoms with E-state index in [9.17, 15) is 4.79 Å². The summed E-state index contributed by atoms with van der Waals surface area (Å²) in [7, 11) is 0. The summed E-state index contributed by atoms with van der Waals surface area (Å²) in [4.78, 5) is 15.3. The van der Waals surface area contributed by atoms with Crippen molar-refractivity contribution in [3.63, 3.8) is 0 Å². The molecule has 0 unspecified atom stereocenters. The number of rotatable bonds is 8. The van der Waals surface area contributed by atoms with Gasteiger partial charge in [-0.25, -0.2) is 0 Å². The third-order valence-electron chi connectivity index (χ3n) is 6.38. The van der Waals surface area contributed by atoms with Gasteiger partial charge in [0, 0.05) is 30.4 Å². The van der Waals surface area contributed by atoms with Crippen LogP contribution in [0.3, 0.4) is 0 Å². The van der Waals surface area contributed by atoms with Gasteiger partial charge in [0.15, 0.2) is 5.16 Å². The van der Waals surface area contributed by atoms with Crippen molar-refractivity contribution in [2.24, 2.45) is 0 Å². The second-order valence-corrected chi connectivity index (χ2v) is 10.3. The van der Waals surface area contributed by atoms with E-state index < -0.39 is 0 Å². The maximum absolute atomic E-state index is 12.9. The van der Waals surface area contributed by atoms with Crippen LogP contribution in [-0.2, 0) is 11.3 Å². The first kappa shape index (κ1) is 22.0. The Kier molecular flexibility index (Phi) is 6.67. The SMILES string of the molecule is C[C@@H](Sc1nnc(C2CC2)n1Cc1ccccc1)C(=O)Nc1ccc(N2CCCCC2)cc1. The van der Waals surface area contributed by atoms with Crippen LogP contribution in [0.4, 0.5) is 11.4 Å². The molecule has 172 valence electrons. The third-order valence-corrected chi connectivity index (χ3v) is 7.46. The van der Waals surface area contributed by atoms with Crippen LogP contribution in [0.5, 0.6) is 0 Å². The Bertz CT molecular complexity index is 1070. The van der Waals surface area contributed by atoms with Gasteiger partial charge in [-0.2, -0.15) is 0 Å². The molecule has 1 aliphatic heterocycles. The molecule has 3 aromatic rings. The molecule has 1 aliphatic carbocycles. The van der Waals surface area contributed by atoms with Gasteiger partial charge >= 0.3 is 0 Å². The summed E-state index contributed by atoms with van der Waals surface area (Å²) in [6, 6.07) is 18.6. The van der Waals surface area contributed by atoms with E-state index in [2.05, 4.69) is 61.4 Å². The van der Waals surface area contributed by atoms with Gasteiger partial charge in [0.05, 0.1) is 11.8 Å². The Morgan fingerprint density at radius 3 is 2.45 bits per heavy atom. The minimum atomic E-state index is -0.280. The first-order valence-electron chi connectivity index (χ1n) is 12.0. The lowest BCUT2D eigenvalue weighted by molar-refractivity contribution is -0.115. The zero-order valence-electron chi connectivity index (χ0n) is 19.1. The first-order chi connectivity index (χ1) is 16.2. The van der Waals surface area contributed by atoms with Crippen molar-refractivity contribution < 1.29 is 4.79 Å².